The van der Waals surface area contributed by atoms with Crippen LogP contribution in [0, 0.1) is 30.6 Å². The second-order valence-electron chi connectivity index (χ2n) is 7.58. The molecule has 3 atom stereocenters. The topological polar surface area (TPSA) is 24.9 Å². The first-order chi connectivity index (χ1) is 10.1. The van der Waals surface area contributed by atoms with Crippen LogP contribution in [0.25, 0.3) is 0 Å². The highest BCUT2D eigenvalue weighted by atomic mass is 32.1. The van der Waals surface area contributed by atoms with E-state index in [-0.39, 0.29) is 0 Å². The van der Waals surface area contributed by atoms with Gasteiger partial charge in [-0.2, -0.15) is 0 Å². The molecule has 2 fully saturated rings. The molecule has 1 N–H and O–H groups in total. The molecule has 0 aromatic carbocycles. The van der Waals surface area contributed by atoms with Crippen LogP contribution in [-0.2, 0) is 6.42 Å². The third-order valence-corrected chi connectivity index (χ3v) is 6.33. The highest BCUT2D eigenvalue weighted by Crippen LogP contribution is 2.39. The summed E-state index contributed by atoms with van der Waals surface area (Å²) in [6.45, 7) is 8.16. The molecule has 1 heterocycles. The minimum atomic E-state index is 0.832. The van der Waals surface area contributed by atoms with Gasteiger partial charge in [-0.25, -0.2) is 4.98 Å². The van der Waals surface area contributed by atoms with Crippen molar-refractivity contribution in [2.75, 3.05) is 6.54 Å². The van der Waals surface area contributed by atoms with Gasteiger partial charge in [0.2, 0.25) is 0 Å². The van der Waals surface area contributed by atoms with Gasteiger partial charge in [0.25, 0.3) is 0 Å². The molecular weight excluding hydrogens is 276 g/mol. The molecule has 0 bridgehead atoms. The van der Waals surface area contributed by atoms with Crippen LogP contribution in [0.3, 0.4) is 0 Å². The number of hydrogen-bond donors (Lipinski definition) is 1. The average Bonchev–Trinajstić information content (AvgIpc) is 3.19. The summed E-state index contributed by atoms with van der Waals surface area (Å²) in [4.78, 5) is 4.71. The molecule has 3 unspecified atom stereocenters. The van der Waals surface area contributed by atoms with E-state index in [0.717, 1.165) is 29.7 Å². The van der Waals surface area contributed by atoms with Crippen molar-refractivity contribution in [2.24, 2.45) is 23.7 Å². The van der Waals surface area contributed by atoms with Crippen molar-refractivity contribution >= 4 is 11.3 Å². The SMILES string of the molecule is Cc1nc(CC2CC(C(C)C)CCC2CNC2CC2)cs1. The van der Waals surface area contributed by atoms with Gasteiger partial charge in [-0.1, -0.05) is 13.8 Å². The van der Waals surface area contributed by atoms with Crippen LogP contribution in [-0.4, -0.2) is 17.6 Å². The maximum Gasteiger partial charge on any atom is 0.0897 e. The molecule has 2 saturated carbocycles. The van der Waals surface area contributed by atoms with Gasteiger partial charge in [0.05, 0.1) is 10.7 Å². The number of nitrogens with one attached hydrogen (secondary N) is 1. The summed E-state index contributed by atoms with van der Waals surface area (Å²) in [7, 11) is 0. The Balaban J connectivity index is 1.62. The molecule has 2 nitrogen and oxygen atoms in total. The van der Waals surface area contributed by atoms with E-state index >= 15 is 0 Å². The van der Waals surface area contributed by atoms with Crippen molar-refractivity contribution < 1.29 is 0 Å². The van der Waals surface area contributed by atoms with Crippen LogP contribution < -0.4 is 5.32 Å². The summed E-state index contributed by atoms with van der Waals surface area (Å²) >= 11 is 1.80. The molecular formula is C18H30N2S. The van der Waals surface area contributed by atoms with Gasteiger partial charge in [-0.05, 0) is 75.7 Å². The molecule has 21 heavy (non-hydrogen) atoms. The Morgan fingerprint density at radius 2 is 2.05 bits per heavy atom. The van der Waals surface area contributed by atoms with Gasteiger partial charge in [0, 0.05) is 11.4 Å². The standard InChI is InChI=1S/C18H30N2S/c1-12(2)14-4-5-15(10-19-17-6-7-17)16(8-14)9-18-11-21-13(3)20-18/h11-12,14-17,19H,4-10H2,1-3H3. The first-order valence-corrected chi connectivity index (χ1v) is 9.64. The fourth-order valence-corrected chi connectivity index (χ4v) is 4.49. The van der Waals surface area contributed by atoms with E-state index in [1.165, 1.54) is 55.8 Å². The maximum absolute atomic E-state index is 4.71. The molecule has 2 aliphatic rings. The molecule has 0 aliphatic heterocycles. The van der Waals surface area contributed by atoms with Crippen LogP contribution in [0.2, 0.25) is 0 Å². The number of aromatic nitrogens is 1. The normalized spacial score (nSPS) is 30.0. The predicted octanol–water partition coefficient (Wildman–Crippen LogP) is 4.43. The van der Waals surface area contributed by atoms with E-state index in [0.29, 0.717) is 0 Å². The molecule has 0 spiro atoms. The highest BCUT2D eigenvalue weighted by molar-refractivity contribution is 7.09. The van der Waals surface area contributed by atoms with E-state index in [9.17, 15) is 0 Å². The van der Waals surface area contributed by atoms with Gasteiger partial charge in [-0.3, -0.25) is 0 Å². The molecule has 3 heteroatoms. The van der Waals surface area contributed by atoms with Gasteiger partial charge >= 0.3 is 0 Å². The largest absolute Gasteiger partial charge is 0.314 e. The van der Waals surface area contributed by atoms with Crippen LogP contribution in [0.15, 0.2) is 5.38 Å². The van der Waals surface area contributed by atoms with Crippen molar-refractivity contribution in [2.45, 2.75) is 65.3 Å². The Labute approximate surface area is 133 Å². The van der Waals surface area contributed by atoms with E-state index < -0.39 is 0 Å². The molecule has 0 radical (unpaired) electrons. The molecule has 2 aliphatic carbocycles. The van der Waals surface area contributed by atoms with Crippen molar-refractivity contribution in [3.05, 3.63) is 16.1 Å². The lowest BCUT2D eigenvalue weighted by Gasteiger charge is -2.38. The summed E-state index contributed by atoms with van der Waals surface area (Å²) in [6, 6.07) is 0.843. The quantitative estimate of drug-likeness (QED) is 0.840. The summed E-state index contributed by atoms with van der Waals surface area (Å²) < 4.78 is 0. The maximum atomic E-state index is 4.71. The van der Waals surface area contributed by atoms with Crippen LogP contribution in [0.5, 0.6) is 0 Å². The Bertz CT molecular complexity index is 450. The van der Waals surface area contributed by atoms with E-state index in [4.69, 9.17) is 4.98 Å². The van der Waals surface area contributed by atoms with Gasteiger partial charge < -0.3 is 5.32 Å². The predicted molar refractivity (Wildman–Crippen MR) is 90.7 cm³/mol. The van der Waals surface area contributed by atoms with Crippen LogP contribution >= 0.6 is 11.3 Å². The lowest BCUT2D eigenvalue weighted by molar-refractivity contribution is 0.143. The number of thiazole rings is 1. The molecule has 1 aromatic rings. The summed E-state index contributed by atoms with van der Waals surface area (Å²) in [6.07, 6.45) is 8.25. The highest BCUT2D eigenvalue weighted by Gasteiger charge is 2.33. The summed E-state index contributed by atoms with van der Waals surface area (Å²) in [5.41, 5.74) is 1.34. The fraction of sp³-hybridized carbons (Fsp3) is 0.833. The van der Waals surface area contributed by atoms with E-state index in [1.807, 2.05) is 0 Å². The van der Waals surface area contributed by atoms with Gasteiger partial charge in [0.1, 0.15) is 0 Å². The Morgan fingerprint density at radius 3 is 2.67 bits per heavy atom. The van der Waals surface area contributed by atoms with Crippen molar-refractivity contribution in [1.29, 1.82) is 0 Å². The second-order valence-corrected chi connectivity index (χ2v) is 8.64. The fourth-order valence-electron chi connectivity index (χ4n) is 3.86. The zero-order valence-electron chi connectivity index (χ0n) is 13.8. The van der Waals surface area contributed by atoms with E-state index in [1.54, 1.807) is 11.3 Å². The zero-order chi connectivity index (χ0) is 14.8. The zero-order valence-corrected chi connectivity index (χ0v) is 14.6. The average molecular weight is 307 g/mol. The van der Waals surface area contributed by atoms with Gasteiger partial charge in [-0.15, -0.1) is 11.3 Å². The number of aryl methyl sites for hydroxylation is 1. The van der Waals surface area contributed by atoms with Crippen molar-refractivity contribution in [3.63, 3.8) is 0 Å². The third kappa shape index (κ3) is 4.29. The monoisotopic (exact) mass is 306 g/mol. The number of hydrogen-bond acceptors (Lipinski definition) is 3. The van der Waals surface area contributed by atoms with Crippen LogP contribution in [0.1, 0.15) is 56.7 Å². The van der Waals surface area contributed by atoms with Gasteiger partial charge in [0.15, 0.2) is 0 Å². The Hall–Kier alpha value is -0.410. The summed E-state index contributed by atoms with van der Waals surface area (Å²) in [5, 5.41) is 7.27. The lowest BCUT2D eigenvalue weighted by atomic mass is 9.69. The van der Waals surface area contributed by atoms with Crippen molar-refractivity contribution in [3.8, 4) is 0 Å². The molecule has 0 amide bonds. The lowest BCUT2D eigenvalue weighted by Crippen LogP contribution is -2.36. The first-order valence-electron chi connectivity index (χ1n) is 8.76. The van der Waals surface area contributed by atoms with Crippen LogP contribution in [0.4, 0.5) is 0 Å². The van der Waals surface area contributed by atoms with E-state index in [2.05, 4.69) is 31.5 Å². The smallest absolute Gasteiger partial charge is 0.0897 e. The molecule has 118 valence electrons. The minimum Gasteiger partial charge on any atom is -0.314 e. The third-order valence-electron chi connectivity index (χ3n) is 5.51. The number of nitrogens with zero attached hydrogens (tertiary/aromatic N) is 1. The number of rotatable bonds is 6. The van der Waals surface area contributed by atoms with Crippen molar-refractivity contribution in [1.82, 2.24) is 10.3 Å². The Morgan fingerprint density at radius 1 is 1.24 bits per heavy atom. The Kier molecular flexibility index (Phi) is 5.00. The molecule has 1 aromatic heterocycles. The first kappa shape index (κ1) is 15.5. The molecule has 0 saturated heterocycles. The minimum absolute atomic E-state index is 0.832. The molecule has 3 rings (SSSR count). The second kappa shape index (κ2) is 6.78. The summed E-state index contributed by atoms with van der Waals surface area (Å²) in [5.74, 6) is 3.45.